The van der Waals surface area contributed by atoms with E-state index in [9.17, 15) is 9.59 Å². The molecular weight excluding hydrogens is 334 g/mol. The Morgan fingerprint density at radius 2 is 1.96 bits per heavy atom. The van der Waals surface area contributed by atoms with Gasteiger partial charge >= 0.3 is 5.97 Å². The summed E-state index contributed by atoms with van der Waals surface area (Å²) in [5.41, 5.74) is 1.30. The minimum Gasteiger partial charge on any atom is -0.460 e. The third kappa shape index (κ3) is 4.92. The van der Waals surface area contributed by atoms with Crippen molar-refractivity contribution in [2.45, 2.75) is 20.0 Å². The molecule has 0 N–H and O–H groups in total. The Morgan fingerprint density at radius 1 is 1.15 bits per heavy atom. The van der Waals surface area contributed by atoms with Crippen LogP contribution in [0.4, 0.5) is 0 Å². The van der Waals surface area contributed by atoms with Crippen LogP contribution in [0.25, 0.3) is 0 Å². The van der Waals surface area contributed by atoms with Crippen molar-refractivity contribution in [3.8, 4) is 0 Å². The maximum absolute atomic E-state index is 12.4. The first-order valence-electron chi connectivity index (χ1n) is 8.76. The van der Waals surface area contributed by atoms with E-state index in [0.29, 0.717) is 31.1 Å². The maximum atomic E-state index is 12.4. The number of hydrogen-bond acceptors (Lipinski definition) is 6. The fourth-order valence-electron chi connectivity index (χ4n) is 2.93. The molecular formula is C19H23N3O4. The molecule has 1 aliphatic heterocycles. The Bertz CT molecular complexity index is 744. The number of aromatic nitrogens is 1. The highest BCUT2D eigenvalue weighted by Gasteiger charge is 2.23. The molecule has 2 aromatic rings. The molecule has 1 aliphatic rings. The predicted octanol–water partition coefficient (Wildman–Crippen LogP) is 1.87. The Labute approximate surface area is 152 Å². The Kier molecular flexibility index (Phi) is 6.01. The molecule has 26 heavy (non-hydrogen) atoms. The standard InChI is InChI=1S/C19H23N3O4/c1-15-12-17(20-26-15)19(24)22-9-5-8-21(10-11-22)13-18(23)25-14-16-6-3-2-4-7-16/h2-4,6-7,12H,5,8-11,13-14H2,1H3. The zero-order valence-corrected chi connectivity index (χ0v) is 14.9. The molecule has 0 unspecified atom stereocenters. The third-order valence-electron chi connectivity index (χ3n) is 4.32. The lowest BCUT2D eigenvalue weighted by molar-refractivity contribution is -0.146. The molecule has 0 radical (unpaired) electrons. The summed E-state index contributed by atoms with van der Waals surface area (Å²) in [4.78, 5) is 28.3. The van der Waals surface area contributed by atoms with Gasteiger partial charge in [-0.05, 0) is 18.9 Å². The quantitative estimate of drug-likeness (QED) is 0.761. The molecule has 0 spiro atoms. The van der Waals surface area contributed by atoms with Crippen molar-refractivity contribution in [2.24, 2.45) is 0 Å². The van der Waals surface area contributed by atoms with Gasteiger partial charge in [0.1, 0.15) is 12.4 Å². The molecule has 1 aromatic carbocycles. The lowest BCUT2D eigenvalue weighted by atomic mass is 10.2. The molecule has 0 atom stereocenters. The van der Waals surface area contributed by atoms with Crippen LogP contribution in [0.2, 0.25) is 0 Å². The molecule has 0 aliphatic carbocycles. The van der Waals surface area contributed by atoms with E-state index < -0.39 is 0 Å². The van der Waals surface area contributed by atoms with E-state index in [1.165, 1.54) is 0 Å². The Balaban J connectivity index is 1.46. The summed E-state index contributed by atoms with van der Waals surface area (Å²) < 4.78 is 10.3. The minimum absolute atomic E-state index is 0.129. The number of hydrogen-bond donors (Lipinski definition) is 0. The second kappa shape index (κ2) is 8.62. The number of aryl methyl sites for hydroxylation is 1. The monoisotopic (exact) mass is 357 g/mol. The molecule has 138 valence electrons. The fraction of sp³-hybridized carbons (Fsp3) is 0.421. The summed E-state index contributed by atoms with van der Waals surface area (Å²) in [6.07, 6.45) is 0.800. The van der Waals surface area contributed by atoms with Crippen molar-refractivity contribution in [1.82, 2.24) is 15.0 Å². The van der Waals surface area contributed by atoms with Gasteiger partial charge in [0.15, 0.2) is 5.69 Å². The number of esters is 1. The van der Waals surface area contributed by atoms with E-state index in [-0.39, 0.29) is 25.0 Å². The van der Waals surface area contributed by atoms with E-state index in [2.05, 4.69) is 5.16 Å². The maximum Gasteiger partial charge on any atom is 0.320 e. The van der Waals surface area contributed by atoms with E-state index in [1.807, 2.05) is 35.2 Å². The number of amides is 1. The van der Waals surface area contributed by atoms with Gasteiger partial charge in [0.05, 0.1) is 6.54 Å². The lowest BCUT2D eigenvalue weighted by Gasteiger charge is -2.20. The van der Waals surface area contributed by atoms with Gasteiger partial charge in [-0.2, -0.15) is 0 Å². The van der Waals surface area contributed by atoms with Gasteiger partial charge in [-0.25, -0.2) is 0 Å². The molecule has 1 amide bonds. The zero-order chi connectivity index (χ0) is 18.4. The zero-order valence-electron chi connectivity index (χ0n) is 14.9. The highest BCUT2D eigenvalue weighted by atomic mass is 16.5. The van der Waals surface area contributed by atoms with Crippen LogP contribution in [0.5, 0.6) is 0 Å². The van der Waals surface area contributed by atoms with Crippen LogP contribution in [-0.4, -0.2) is 59.6 Å². The molecule has 1 fully saturated rings. The van der Waals surface area contributed by atoms with E-state index in [4.69, 9.17) is 9.26 Å². The van der Waals surface area contributed by atoms with E-state index >= 15 is 0 Å². The van der Waals surface area contributed by atoms with Crippen LogP contribution < -0.4 is 0 Å². The SMILES string of the molecule is Cc1cc(C(=O)N2CCCN(CC(=O)OCc3ccccc3)CC2)no1. The summed E-state index contributed by atoms with van der Waals surface area (Å²) >= 11 is 0. The van der Waals surface area contributed by atoms with Gasteiger partial charge < -0.3 is 14.2 Å². The van der Waals surface area contributed by atoms with Crippen molar-refractivity contribution in [2.75, 3.05) is 32.7 Å². The molecule has 2 heterocycles. The van der Waals surface area contributed by atoms with Crippen LogP contribution in [0.15, 0.2) is 40.9 Å². The molecule has 1 aromatic heterocycles. The molecule has 0 saturated carbocycles. The van der Waals surface area contributed by atoms with Gasteiger partial charge in [-0.15, -0.1) is 0 Å². The molecule has 7 heteroatoms. The van der Waals surface area contributed by atoms with Crippen molar-refractivity contribution < 1.29 is 18.8 Å². The lowest BCUT2D eigenvalue weighted by Crippen LogP contribution is -2.37. The van der Waals surface area contributed by atoms with E-state index in [0.717, 1.165) is 18.5 Å². The molecule has 0 bridgehead atoms. The van der Waals surface area contributed by atoms with Crippen molar-refractivity contribution in [1.29, 1.82) is 0 Å². The molecule has 1 saturated heterocycles. The smallest absolute Gasteiger partial charge is 0.320 e. The number of rotatable bonds is 5. The number of benzene rings is 1. The number of nitrogens with zero attached hydrogens (tertiary/aromatic N) is 3. The first-order valence-corrected chi connectivity index (χ1v) is 8.76. The van der Waals surface area contributed by atoms with Gasteiger partial charge in [-0.1, -0.05) is 35.5 Å². The highest BCUT2D eigenvalue weighted by molar-refractivity contribution is 5.92. The van der Waals surface area contributed by atoms with Crippen LogP contribution in [0.3, 0.4) is 0 Å². The van der Waals surface area contributed by atoms with Crippen molar-refractivity contribution >= 4 is 11.9 Å². The van der Waals surface area contributed by atoms with Crippen LogP contribution in [-0.2, 0) is 16.1 Å². The average molecular weight is 357 g/mol. The van der Waals surface area contributed by atoms with Crippen LogP contribution in [0, 0.1) is 6.92 Å². The largest absolute Gasteiger partial charge is 0.460 e. The first kappa shape index (κ1) is 18.1. The van der Waals surface area contributed by atoms with Crippen LogP contribution in [0.1, 0.15) is 28.2 Å². The molecule has 3 rings (SSSR count). The van der Waals surface area contributed by atoms with Crippen LogP contribution >= 0.6 is 0 Å². The first-order chi connectivity index (χ1) is 12.6. The Morgan fingerprint density at radius 3 is 2.69 bits per heavy atom. The second-order valence-corrected chi connectivity index (χ2v) is 6.39. The number of carbonyl (C=O) groups is 2. The van der Waals surface area contributed by atoms with Gasteiger partial charge in [0, 0.05) is 32.2 Å². The second-order valence-electron chi connectivity index (χ2n) is 6.39. The summed E-state index contributed by atoms with van der Waals surface area (Å²) in [6, 6.07) is 11.3. The fourth-order valence-corrected chi connectivity index (χ4v) is 2.93. The van der Waals surface area contributed by atoms with Crippen molar-refractivity contribution in [3.63, 3.8) is 0 Å². The summed E-state index contributed by atoms with van der Waals surface area (Å²) in [7, 11) is 0. The topological polar surface area (TPSA) is 75.9 Å². The highest BCUT2D eigenvalue weighted by Crippen LogP contribution is 2.10. The third-order valence-corrected chi connectivity index (χ3v) is 4.32. The number of carbonyl (C=O) groups excluding carboxylic acids is 2. The summed E-state index contributed by atoms with van der Waals surface area (Å²) in [5, 5.41) is 3.79. The number of ether oxygens (including phenoxy) is 1. The van der Waals surface area contributed by atoms with Gasteiger partial charge in [-0.3, -0.25) is 14.5 Å². The van der Waals surface area contributed by atoms with E-state index in [1.54, 1.807) is 17.9 Å². The van der Waals surface area contributed by atoms with Gasteiger partial charge in [0.25, 0.3) is 5.91 Å². The summed E-state index contributed by atoms with van der Waals surface area (Å²) in [6.45, 7) is 4.85. The Hall–Kier alpha value is -2.67. The van der Waals surface area contributed by atoms with Gasteiger partial charge in [0.2, 0.25) is 0 Å². The predicted molar refractivity (Wildman–Crippen MR) is 94.4 cm³/mol. The normalized spacial score (nSPS) is 15.5. The average Bonchev–Trinajstić information content (AvgIpc) is 2.95. The minimum atomic E-state index is -0.249. The summed E-state index contributed by atoms with van der Waals surface area (Å²) in [5.74, 6) is 0.238. The van der Waals surface area contributed by atoms with Crippen molar-refractivity contribution in [3.05, 3.63) is 53.4 Å². The molecule has 7 nitrogen and oxygen atoms in total.